The number of ether oxygens (including phenoxy) is 4. The van der Waals surface area contributed by atoms with E-state index < -0.39 is 11.9 Å². The Morgan fingerprint density at radius 3 is 2.35 bits per heavy atom. The highest BCUT2D eigenvalue weighted by Crippen LogP contribution is 2.30. The number of carbonyl (C=O) groups is 2. The molecule has 1 amide bonds. The maximum Gasteiger partial charge on any atom is 0.343 e. The van der Waals surface area contributed by atoms with Crippen LogP contribution >= 0.6 is 0 Å². The van der Waals surface area contributed by atoms with Crippen LogP contribution in [0.2, 0.25) is 0 Å². The molecule has 4 rings (SSSR count). The van der Waals surface area contributed by atoms with E-state index in [2.05, 4.69) is 10.5 Å². The first-order chi connectivity index (χ1) is 18.0. The maximum atomic E-state index is 13.0. The molecular formula is C29H26N2O6. The molecule has 188 valence electrons. The van der Waals surface area contributed by atoms with Gasteiger partial charge in [0.25, 0.3) is 5.91 Å². The lowest BCUT2D eigenvalue weighted by molar-refractivity contribution is -0.123. The molecule has 1 N–H and O–H groups in total. The zero-order valence-corrected chi connectivity index (χ0v) is 20.7. The Morgan fingerprint density at radius 2 is 1.57 bits per heavy atom. The number of carbonyl (C=O) groups excluding carboxylic acids is 2. The molecule has 8 nitrogen and oxygen atoms in total. The second-order valence-corrected chi connectivity index (χ2v) is 8.01. The minimum Gasteiger partial charge on any atom is -0.493 e. The SMILES string of the molecule is COc1ccc(C(=O)Oc2ccc3ccccc3c2/C=N/NC(=O)COc2ccccc2C)cc1OC. The van der Waals surface area contributed by atoms with Gasteiger partial charge in [0, 0.05) is 5.56 Å². The fourth-order valence-electron chi connectivity index (χ4n) is 3.68. The van der Waals surface area contributed by atoms with Crippen LogP contribution in [0, 0.1) is 6.92 Å². The molecule has 0 spiro atoms. The third-order valence-electron chi connectivity index (χ3n) is 5.59. The molecule has 0 bridgehead atoms. The highest BCUT2D eigenvalue weighted by atomic mass is 16.5. The van der Waals surface area contributed by atoms with E-state index in [9.17, 15) is 9.59 Å². The van der Waals surface area contributed by atoms with Crippen molar-refractivity contribution in [2.45, 2.75) is 6.92 Å². The fourth-order valence-corrected chi connectivity index (χ4v) is 3.68. The van der Waals surface area contributed by atoms with E-state index in [1.54, 1.807) is 30.3 Å². The number of hydrogen-bond donors (Lipinski definition) is 1. The molecule has 4 aromatic rings. The summed E-state index contributed by atoms with van der Waals surface area (Å²) < 4.78 is 21.8. The van der Waals surface area contributed by atoms with Crippen molar-refractivity contribution in [1.82, 2.24) is 5.43 Å². The maximum absolute atomic E-state index is 13.0. The minimum absolute atomic E-state index is 0.196. The molecule has 0 radical (unpaired) electrons. The lowest BCUT2D eigenvalue weighted by Crippen LogP contribution is -2.24. The minimum atomic E-state index is -0.582. The second kappa shape index (κ2) is 11.7. The molecule has 0 fully saturated rings. The van der Waals surface area contributed by atoms with Gasteiger partial charge in [-0.05, 0) is 53.6 Å². The van der Waals surface area contributed by atoms with E-state index >= 15 is 0 Å². The quantitative estimate of drug-likeness (QED) is 0.152. The number of benzene rings is 4. The number of methoxy groups -OCH3 is 2. The molecular weight excluding hydrogens is 472 g/mol. The van der Waals surface area contributed by atoms with Gasteiger partial charge in [-0.2, -0.15) is 5.10 Å². The number of nitrogens with one attached hydrogen (secondary N) is 1. The molecule has 0 unspecified atom stereocenters. The Bertz CT molecular complexity index is 1460. The van der Waals surface area contributed by atoms with Gasteiger partial charge < -0.3 is 18.9 Å². The van der Waals surface area contributed by atoms with Crippen LogP contribution in [0.4, 0.5) is 0 Å². The third-order valence-corrected chi connectivity index (χ3v) is 5.59. The van der Waals surface area contributed by atoms with Crippen molar-refractivity contribution in [3.8, 4) is 23.0 Å². The number of amides is 1. The van der Waals surface area contributed by atoms with Crippen LogP contribution in [-0.4, -0.2) is 38.9 Å². The summed E-state index contributed by atoms with van der Waals surface area (Å²) in [5.41, 5.74) is 4.21. The first-order valence-corrected chi connectivity index (χ1v) is 11.5. The van der Waals surface area contributed by atoms with Gasteiger partial charge in [0.15, 0.2) is 18.1 Å². The monoisotopic (exact) mass is 498 g/mol. The number of hydrogen-bond acceptors (Lipinski definition) is 7. The summed E-state index contributed by atoms with van der Waals surface area (Å²) >= 11 is 0. The van der Waals surface area contributed by atoms with Crippen molar-refractivity contribution in [3.63, 3.8) is 0 Å². The summed E-state index contributed by atoms with van der Waals surface area (Å²) in [6.45, 7) is 1.70. The molecule has 0 aromatic heterocycles. The van der Waals surface area contributed by atoms with Gasteiger partial charge >= 0.3 is 5.97 Å². The summed E-state index contributed by atoms with van der Waals surface area (Å²) in [4.78, 5) is 25.2. The van der Waals surface area contributed by atoms with Gasteiger partial charge in [0.1, 0.15) is 11.5 Å². The zero-order valence-electron chi connectivity index (χ0n) is 20.7. The number of hydrazone groups is 1. The molecule has 0 aliphatic heterocycles. The summed E-state index contributed by atoms with van der Waals surface area (Å²) in [6.07, 6.45) is 1.45. The Kier molecular flexibility index (Phi) is 8.00. The largest absolute Gasteiger partial charge is 0.493 e. The predicted octanol–water partition coefficient (Wildman–Crippen LogP) is 4.91. The molecule has 37 heavy (non-hydrogen) atoms. The summed E-state index contributed by atoms with van der Waals surface area (Å²) in [6, 6.07) is 23.3. The smallest absolute Gasteiger partial charge is 0.343 e. The highest BCUT2D eigenvalue weighted by Gasteiger charge is 2.16. The lowest BCUT2D eigenvalue weighted by Gasteiger charge is -2.12. The van der Waals surface area contributed by atoms with Crippen molar-refractivity contribution in [2.24, 2.45) is 5.10 Å². The average molecular weight is 499 g/mol. The normalized spacial score (nSPS) is 10.8. The molecule has 0 heterocycles. The summed E-state index contributed by atoms with van der Waals surface area (Å²) in [5.74, 6) is 0.811. The Labute approximate surface area is 214 Å². The van der Waals surface area contributed by atoms with Gasteiger partial charge in [-0.1, -0.05) is 48.5 Å². The Hall–Kier alpha value is -4.85. The number of nitrogens with zero attached hydrogens (tertiary/aromatic N) is 1. The van der Waals surface area contributed by atoms with E-state index in [0.717, 1.165) is 16.3 Å². The standard InChI is InChI=1S/C29H26N2O6/c1-19-8-4-7-11-24(19)36-18-28(32)31-30-17-23-22-10-6-5-9-20(22)12-14-25(23)37-29(33)21-13-15-26(34-2)27(16-21)35-3/h4-17H,18H2,1-3H3,(H,31,32)/b30-17+. The number of esters is 1. The van der Waals surface area contributed by atoms with Crippen LogP contribution in [0.25, 0.3) is 10.8 Å². The number of aryl methyl sites for hydroxylation is 1. The highest BCUT2D eigenvalue weighted by molar-refractivity contribution is 6.04. The third kappa shape index (κ3) is 6.05. The first-order valence-electron chi connectivity index (χ1n) is 11.5. The zero-order chi connectivity index (χ0) is 26.2. The fraction of sp³-hybridized carbons (Fsp3) is 0.138. The van der Waals surface area contributed by atoms with E-state index in [4.69, 9.17) is 18.9 Å². The van der Waals surface area contributed by atoms with E-state index in [1.807, 2.05) is 55.5 Å². The summed E-state index contributed by atoms with van der Waals surface area (Å²) in [5, 5.41) is 5.81. The van der Waals surface area contributed by atoms with Gasteiger partial charge in [0.05, 0.1) is 26.0 Å². The lowest BCUT2D eigenvalue weighted by atomic mass is 10.0. The molecule has 0 saturated heterocycles. The number of fused-ring (bicyclic) bond motifs is 1. The van der Waals surface area contributed by atoms with E-state index in [0.29, 0.717) is 22.8 Å². The molecule has 8 heteroatoms. The van der Waals surface area contributed by atoms with Gasteiger partial charge in [-0.15, -0.1) is 0 Å². The van der Waals surface area contributed by atoms with Crippen molar-refractivity contribution >= 4 is 28.9 Å². The number of rotatable bonds is 9. The van der Waals surface area contributed by atoms with E-state index in [-0.39, 0.29) is 17.9 Å². The molecule has 0 aliphatic rings. The Morgan fingerprint density at radius 1 is 0.838 bits per heavy atom. The molecule has 0 atom stereocenters. The molecule has 0 aliphatic carbocycles. The first kappa shape index (κ1) is 25.2. The van der Waals surface area contributed by atoms with Crippen LogP contribution < -0.4 is 24.4 Å². The van der Waals surface area contributed by atoms with Gasteiger partial charge in [-0.3, -0.25) is 4.79 Å². The van der Waals surface area contributed by atoms with Crippen LogP contribution in [0.1, 0.15) is 21.5 Å². The molecule has 4 aromatic carbocycles. The summed E-state index contributed by atoms with van der Waals surface area (Å²) in [7, 11) is 3.01. The Balaban J connectivity index is 1.53. The van der Waals surface area contributed by atoms with Crippen molar-refractivity contribution in [3.05, 3.63) is 95.6 Å². The van der Waals surface area contributed by atoms with E-state index in [1.165, 1.54) is 20.4 Å². The van der Waals surface area contributed by atoms with Gasteiger partial charge in [0.2, 0.25) is 0 Å². The van der Waals surface area contributed by atoms with Crippen molar-refractivity contribution < 1.29 is 28.5 Å². The second-order valence-electron chi connectivity index (χ2n) is 8.01. The molecule has 0 saturated carbocycles. The predicted molar refractivity (Wildman–Crippen MR) is 141 cm³/mol. The van der Waals surface area contributed by atoms with Crippen molar-refractivity contribution in [1.29, 1.82) is 0 Å². The van der Waals surface area contributed by atoms with Crippen LogP contribution in [-0.2, 0) is 4.79 Å². The van der Waals surface area contributed by atoms with Crippen molar-refractivity contribution in [2.75, 3.05) is 20.8 Å². The van der Waals surface area contributed by atoms with Gasteiger partial charge in [-0.25, -0.2) is 10.2 Å². The topological polar surface area (TPSA) is 95.5 Å². The number of para-hydroxylation sites is 1. The van der Waals surface area contributed by atoms with Crippen LogP contribution in [0.15, 0.2) is 84.0 Å². The van der Waals surface area contributed by atoms with Crippen LogP contribution in [0.3, 0.4) is 0 Å². The average Bonchev–Trinajstić information content (AvgIpc) is 2.93. The van der Waals surface area contributed by atoms with Crippen LogP contribution in [0.5, 0.6) is 23.0 Å².